The first-order valence-electron chi connectivity index (χ1n) is 15.3. The van der Waals surface area contributed by atoms with Crippen LogP contribution in [0, 0.1) is 31.6 Å². The second kappa shape index (κ2) is 18.5. The monoisotopic (exact) mass is 548 g/mol. The van der Waals surface area contributed by atoms with Crippen LogP contribution in [0.3, 0.4) is 0 Å². The molecular formula is C36H52O4. The van der Waals surface area contributed by atoms with E-state index in [-0.39, 0.29) is 41.4 Å². The average Bonchev–Trinajstić information content (AvgIpc) is 2.89. The van der Waals surface area contributed by atoms with E-state index in [2.05, 4.69) is 26.8 Å². The number of hydrogen-bond acceptors (Lipinski definition) is 4. The highest BCUT2D eigenvalue weighted by molar-refractivity contribution is 6.00. The van der Waals surface area contributed by atoms with Gasteiger partial charge in [0.25, 0.3) is 0 Å². The van der Waals surface area contributed by atoms with E-state index in [9.17, 15) is 19.2 Å². The Hall–Kier alpha value is -2.88. The first kappa shape index (κ1) is 35.1. The molecule has 2 aromatic carbocycles. The Kier molecular flexibility index (Phi) is 16.2. The van der Waals surface area contributed by atoms with E-state index in [4.69, 9.17) is 0 Å². The van der Waals surface area contributed by atoms with Crippen LogP contribution < -0.4 is 0 Å². The lowest BCUT2D eigenvalue weighted by Gasteiger charge is -2.31. The number of rotatable bonds is 11. The molecule has 0 aliphatic heterocycles. The van der Waals surface area contributed by atoms with Crippen LogP contribution >= 0.6 is 0 Å². The van der Waals surface area contributed by atoms with E-state index in [1.54, 1.807) is 0 Å². The fourth-order valence-electron chi connectivity index (χ4n) is 5.64. The van der Waals surface area contributed by atoms with Gasteiger partial charge in [0.05, 0.1) is 6.42 Å². The van der Waals surface area contributed by atoms with E-state index in [1.165, 1.54) is 18.9 Å². The molecule has 0 bridgehead atoms. The summed E-state index contributed by atoms with van der Waals surface area (Å²) in [6, 6.07) is 13.8. The number of hydrogen-bond donors (Lipinski definition) is 0. The van der Waals surface area contributed by atoms with Gasteiger partial charge in [-0.2, -0.15) is 0 Å². The molecule has 220 valence electrons. The molecule has 0 saturated heterocycles. The van der Waals surface area contributed by atoms with E-state index in [1.807, 2.05) is 64.1 Å². The van der Waals surface area contributed by atoms with Crippen LogP contribution in [0.5, 0.6) is 0 Å². The molecule has 4 heteroatoms. The number of aryl methyl sites for hydroxylation is 2. The summed E-state index contributed by atoms with van der Waals surface area (Å²) in [5.74, 6) is 0.983. The summed E-state index contributed by atoms with van der Waals surface area (Å²) in [5, 5.41) is 0. The predicted molar refractivity (Wildman–Crippen MR) is 166 cm³/mol. The molecule has 1 aliphatic rings. The minimum absolute atomic E-state index is 0.0460. The number of carbonyl (C=O) groups is 4. The highest BCUT2D eigenvalue weighted by atomic mass is 16.1. The molecule has 0 fully saturated rings. The van der Waals surface area contributed by atoms with Crippen molar-refractivity contribution in [2.45, 2.75) is 113 Å². The Labute approximate surface area is 243 Å². The molecule has 0 radical (unpaired) electrons. The van der Waals surface area contributed by atoms with Gasteiger partial charge in [-0.1, -0.05) is 102 Å². The molecule has 4 nitrogen and oxygen atoms in total. The highest BCUT2D eigenvalue weighted by Crippen LogP contribution is 2.36. The second-order valence-corrected chi connectivity index (χ2v) is 11.3. The van der Waals surface area contributed by atoms with Gasteiger partial charge in [0.1, 0.15) is 11.6 Å². The maximum Gasteiger partial charge on any atom is 0.163 e. The molecule has 1 aliphatic carbocycles. The topological polar surface area (TPSA) is 68.3 Å². The van der Waals surface area contributed by atoms with Gasteiger partial charge >= 0.3 is 0 Å². The van der Waals surface area contributed by atoms with Crippen LogP contribution in [-0.4, -0.2) is 23.1 Å². The van der Waals surface area contributed by atoms with E-state index in [0.717, 1.165) is 54.4 Å². The SMILES string of the molecule is CCC.CCC(=O)c1ccc(C)cc1.CCCC(CC1CC(=O)c2c(C)cccc2C1)C(CC)C(=O)CC(C)=O. The zero-order chi connectivity index (χ0) is 30.2. The van der Waals surface area contributed by atoms with Crippen molar-refractivity contribution in [2.75, 3.05) is 0 Å². The molecule has 2 aromatic rings. The van der Waals surface area contributed by atoms with Crippen LogP contribution in [0.1, 0.15) is 130 Å². The van der Waals surface area contributed by atoms with Crippen LogP contribution in [0.4, 0.5) is 0 Å². The lowest BCUT2D eigenvalue weighted by Crippen LogP contribution is -2.29. The smallest absolute Gasteiger partial charge is 0.163 e. The zero-order valence-electron chi connectivity index (χ0n) is 26.3. The van der Waals surface area contributed by atoms with Crippen LogP contribution in [0.25, 0.3) is 0 Å². The third-order valence-electron chi connectivity index (χ3n) is 7.46. The minimum Gasteiger partial charge on any atom is -0.300 e. The molecule has 3 rings (SSSR count). The zero-order valence-corrected chi connectivity index (χ0v) is 26.3. The average molecular weight is 549 g/mol. The third-order valence-corrected chi connectivity index (χ3v) is 7.46. The van der Waals surface area contributed by atoms with E-state index < -0.39 is 0 Å². The van der Waals surface area contributed by atoms with Crippen molar-refractivity contribution in [3.05, 3.63) is 70.3 Å². The minimum atomic E-state index is -0.0622. The Bertz CT molecular complexity index is 1100. The number of benzene rings is 2. The molecule has 3 atom stereocenters. The summed E-state index contributed by atoms with van der Waals surface area (Å²) in [4.78, 5) is 47.7. The molecule has 0 N–H and O–H groups in total. The fraction of sp³-hybridized carbons (Fsp3) is 0.556. The highest BCUT2D eigenvalue weighted by Gasteiger charge is 2.32. The van der Waals surface area contributed by atoms with Gasteiger partial charge in [-0.25, -0.2) is 0 Å². The maximum atomic E-state index is 12.7. The van der Waals surface area contributed by atoms with Crippen molar-refractivity contribution in [1.82, 2.24) is 0 Å². The van der Waals surface area contributed by atoms with Gasteiger partial charge < -0.3 is 0 Å². The van der Waals surface area contributed by atoms with Crippen molar-refractivity contribution in [3.63, 3.8) is 0 Å². The number of fused-ring (bicyclic) bond motifs is 1. The summed E-state index contributed by atoms with van der Waals surface area (Å²) in [5.41, 5.74) is 5.15. The fourth-order valence-corrected chi connectivity index (χ4v) is 5.64. The number of carbonyl (C=O) groups excluding carboxylic acids is 4. The van der Waals surface area contributed by atoms with Gasteiger partial charge in [0, 0.05) is 29.9 Å². The quantitative estimate of drug-likeness (QED) is 0.207. The largest absolute Gasteiger partial charge is 0.300 e. The first-order chi connectivity index (χ1) is 19.0. The molecule has 40 heavy (non-hydrogen) atoms. The number of Topliss-reactive ketones (excluding diaryl/α,β-unsaturated/α-hetero) is 4. The predicted octanol–water partition coefficient (Wildman–Crippen LogP) is 9.12. The molecule has 3 unspecified atom stereocenters. The number of ketones is 4. The van der Waals surface area contributed by atoms with E-state index >= 15 is 0 Å². The third kappa shape index (κ3) is 11.3. The Morgan fingerprint density at radius 2 is 1.52 bits per heavy atom. The maximum absolute atomic E-state index is 12.7. The summed E-state index contributed by atoms with van der Waals surface area (Å²) in [7, 11) is 0. The molecule has 0 aromatic heterocycles. The van der Waals surface area contributed by atoms with Gasteiger partial charge in [-0.3, -0.25) is 19.2 Å². The summed E-state index contributed by atoms with van der Waals surface area (Å²) in [6.07, 6.45) is 7.05. The van der Waals surface area contributed by atoms with Crippen molar-refractivity contribution in [1.29, 1.82) is 0 Å². The molecule has 0 spiro atoms. The van der Waals surface area contributed by atoms with Gasteiger partial charge in [0.2, 0.25) is 0 Å². The van der Waals surface area contributed by atoms with Crippen molar-refractivity contribution < 1.29 is 19.2 Å². The lowest BCUT2D eigenvalue weighted by atomic mass is 9.72. The van der Waals surface area contributed by atoms with Gasteiger partial charge in [-0.05, 0) is 63.0 Å². The Balaban J connectivity index is 0.000000472. The molecule has 0 heterocycles. The van der Waals surface area contributed by atoms with Crippen LogP contribution in [-0.2, 0) is 16.0 Å². The van der Waals surface area contributed by atoms with Gasteiger partial charge in [-0.15, -0.1) is 0 Å². The van der Waals surface area contributed by atoms with Crippen molar-refractivity contribution >= 4 is 23.1 Å². The van der Waals surface area contributed by atoms with Crippen molar-refractivity contribution in [3.8, 4) is 0 Å². The first-order valence-corrected chi connectivity index (χ1v) is 15.3. The molecular weight excluding hydrogens is 496 g/mol. The Morgan fingerprint density at radius 3 is 2.05 bits per heavy atom. The van der Waals surface area contributed by atoms with Gasteiger partial charge in [0.15, 0.2) is 11.6 Å². The van der Waals surface area contributed by atoms with E-state index in [0.29, 0.717) is 18.8 Å². The lowest BCUT2D eigenvalue weighted by molar-refractivity contribution is -0.129. The van der Waals surface area contributed by atoms with Crippen LogP contribution in [0.15, 0.2) is 42.5 Å². The summed E-state index contributed by atoms with van der Waals surface area (Å²) < 4.78 is 0. The molecule has 0 amide bonds. The van der Waals surface area contributed by atoms with Crippen LogP contribution in [0.2, 0.25) is 0 Å². The summed E-state index contributed by atoms with van der Waals surface area (Å²) >= 11 is 0. The second-order valence-electron chi connectivity index (χ2n) is 11.3. The Morgan fingerprint density at radius 1 is 0.900 bits per heavy atom. The normalized spacial score (nSPS) is 15.4. The molecule has 0 saturated carbocycles. The summed E-state index contributed by atoms with van der Waals surface area (Å²) in [6.45, 7) is 15.8. The van der Waals surface area contributed by atoms with Crippen molar-refractivity contribution in [2.24, 2.45) is 17.8 Å². The standard InChI is InChI=1S/C23H32O3.C10H12O.C3H8/c1-5-8-18(20(6-2)21(25)11-16(4)24)12-17-13-19-10-7-9-15(3)23(19)22(26)14-17;1-3-10(11)9-6-4-8(2)5-7-9;1-3-2/h7,9-10,17-18,20H,5-6,8,11-14H2,1-4H3;4-7H,3H2,1-2H3;3H2,1-2H3.